The Kier molecular flexibility index (Phi) is 8.38. The minimum atomic E-state index is 0.740. The molecule has 5 heteroatoms. The predicted octanol–water partition coefficient (Wildman–Crippen LogP) is 2.53. The third-order valence-corrected chi connectivity index (χ3v) is 3.16. The molecule has 1 heterocycles. The molecule has 0 radical (unpaired) electrons. The van der Waals surface area contributed by atoms with Crippen molar-refractivity contribution < 1.29 is 0 Å². The number of hydrogen-bond donors (Lipinski definition) is 1. The van der Waals surface area contributed by atoms with Crippen LogP contribution in [0.15, 0.2) is 0 Å². The Bertz CT molecular complexity index is 297. The third kappa shape index (κ3) is 6.10. The quantitative estimate of drug-likeness (QED) is 0.616. The van der Waals surface area contributed by atoms with Crippen molar-refractivity contribution in [2.75, 3.05) is 7.05 Å². The number of unbranched alkanes of at least 4 members (excludes halogenated alkanes) is 7. The minimum absolute atomic E-state index is 0.740. The number of tetrazole rings is 1. The second kappa shape index (κ2) is 10.00. The van der Waals surface area contributed by atoms with Crippen molar-refractivity contribution in [1.82, 2.24) is 25.5 Å². The summed E-state index contributed by atoms with van der Waals surface area (Å²) in [5, 5.41) is 14.8. The van der Waals surface area contributed by atoms with Crippen LogP contribution < -0.4 is 5.32 Å². The molecule has 0 aromatic carbocycles. The van der Waals surface area contributed by atoms with Crippen LogP contribution in [0.4, 0.5) is 0 Å². The van der Waals surface area contributed by atoms with Crippen molar-refractivity contribution in [3.63, 3.8) is 0 Å². The Hall–Kier alpha value is -0.970. The molecule has 0 amide bonds. The van der Waals surface area contributed by atoms with Crippen LogP contribution in [0.2, 0.25) is 0 Å². The van der Waals surface area contributed by atoms with Gasteiger partial charge >= 0.3 is 0 Å². The SMILES string of the molecule is CCCCCCCCCCn1nnnc1CNC. The molecule has 0 fully saturated rings. The first-order valence-electron chi connectivity index (χ1n) is 7.28. The fraction of sp³-hybridized carbons (Fsp3) is 0.923. The molecule has 0 spiro atoms. The summed E-state index contributed by atoms with van der Waals surface area (Å²) in [6.07, 6.45) is 10.7. The normalized spacial score (nSPS) is 11.0. The summed E-state index contributed by atoms with van der Waals surface area (Å²) in [4.78, 5) is 0. The lowest BCUT2D eigenvalue weighted by molar-refractivity contribution is 0.494. The molecule has 0 bridgehead atoms. The highest BCUT2D eigenvalue weighted by molar-refractivity contribution is 4.78. The van der Waals surface area contributed by atoms with Crippen molar-refractivity contribution >= 4 is 0 Å². The smallest absolute Gasteiger partial charge is 0.165 e. The molecule has 0 aliphatic rings. The molecule has 0 unspecified atom stereocenters. The summed E-state index contributed by atoms with van der Waals surface area (Å²) in [6, 6.07) is 0. The second-order valence-electron chi connectivity index (χ2n) is 4.82. The maximum Gasteiger partial charge on any atom is 0.165 e. The van der Waals surface area contributed by atoms with Gasteiger partial charge in [-0.3, -0.25) is 0 Å². The Balaban J connectivity index is 2.01. The van der Waals surface area contributed by atoms with Crippen molar-refractivity contribution in [3.05, 3.63) is 5.82 Å². The average molecular weight is 253 g/mol. The van der Waals surface area contributed by atoms with Gasteiger partial charge in [-0.25, -0.2) is 4.68 Å². The Morgan fingerprint density at radius 3 is 2.33 bits per heavy atom. The number of nitrogens with zero attached hydrogens (tertiary/aromatic N) is 4. The molecule has 1 aromatic heterocycles. The monoisotopic (exact) mass is 253 g/mol. The molecule has 1 rings (SSSR count). The molecule has 5 nitrogen and oxygen atoms in total. The molecule has 0 atom stereocenters. The number of aryl methyl sites for hydroxylation is 1. The Labute approximate surface area is 110 Å². The van der Waals surface area contributed by atoms with Gasteiger partial charge in [-0.2, -0.15) is 0 Å². The highest BCUT2D eigenvalue weighted by Crippen LogP contribution is 2.09. The molecule has 1 N–H and O–H groups in total. The van der Waals surface area contributed by atoms with Gasteiger partial charge in [0.05, 0.1) is 6.54 Å². The number of rotatable bonds is 11. The van der Waals surface area contributed by atoms with Gasteiger partial charge < -0.3 is 5.32 Å². The highest BCUT2D eigenvalue weighted by atomic mass is 15.5. The zero-order valence-corrected chi connectivity index (χ0v) is 11.9. The summed E-state index contributed by atoms with van der Waals surface area (Å²) in [5.41, 5.74) is 0. The van der Waals surface area contributed by atoms with E-state index in [1.807, 2.05) is 11.7 Å². The van der Waals surface area contributed by atoms with E-state index < -0.39 is 0 Å². The van der Waals surface area contributed by atoms with Gasteiger partial charge in [0, 0.05) is 6.54 Å². The van der Waals surface area contributed by atoms with Crippen molar-refractivity contribution in [3.8, 4) is 0 Å². The maximum absolute atomic E-state index is 4.01. The number of hydrogen-bond acceptors (Lipinski definition) is 4. The van der Waals surface area contributed by atoms with E-state index in [4.69, 9.17) is 0 Å². The van der Waals surface area contributed by atoms with E-state index in [1.54, 1.807) is 0 Å². The van der Waals surface area contributed by atoms with Gasteiger partial charge in [-0.1, -0.05) is 51.9 Å². The van der Waals surface area contributed by atoms with E-state index in [-0.39, 0.29) is 0 Å². The van der Waals surface area contributed by atoms with E-state index >= 15 is 0 Å². The molecule has 0 saturated heterocycles. The Morgan fingerprint density at radius 2 is 1.67 bits per heavy atom. The molecular weight excluding hydrogens is 226 g/mol. The summed E-state index contributed by atoms with van der Waals surface area (Å²) in [7, 11) is 1.91. The standard InChI is InChI=1S/C13H27N5/c1-3-4-5-6-7-8-9-10-11-18-13(12-14-2)15-16-17-18/h14H,3-12H2,1-2H3. The van der Waals surface area contributed by atoms with Gasteiger partial charge in [0.1, 0.15) is 0 Å². The first-order valence-corrected chi connectivity index (χ1v) is 7.28. The molecule has 104 valence electrons. The van der Waals surface area contributed by atoms with Crippen LogP contribution in [-0.2, 0) is 13.1 Å². The van der Waals surface area contributed by atoms with Crippen LogP contribution in [0.1, 0.15) is 64.1 Å². The van der Waals surface area contributed by atoms with Crippen LogP contribution in [0, 0.1) is 0 Å². The maximum atomic E-state index is 4.01. The van der Waals surface area contributed by atoms with Crippen LogP contribution in [0.25, 0.3) is 0 Å². The molecule has 1 aromatic rings. The molecular formula is C13H27N5. The van der Waals surface area contributed by atoms with Crippen molar-refractivity contribution in [1.29, 1.82) is 0 Å². The molecule has 0 aliphatic carbocycles. The second-order valence-corrected chi connectivity index (χ2v) is 4.82. The zero-order valence-electron chi connectivity index (χ0n) is 11.9. The van der Waals surface area contributed by atoms with Crippen LogP contribution >= 0.6 is 0 Å². The van der Waals surface area contributed by atoms with Crippen molar-refractivity contribution in [2.45, 2.75) is 71.4 Å². The summed E-state index contributed by atoms with van der Waals surface area (Å²) in [6.45, 7) is 3.94. The first kappa shape index (κ1) is 15.1. The van der Waals surface area contributed by atoms with Gasteiger partial charge in [0.15, 0.2) is 5.82 Å². The topological polar surface area (TPSA) is 55.6 Å². The van der Waals surface area contributed by atoms with Gasteiger partial charge in [-0.15, -0.1) is 5.10 Å². The van der Waals surface area contributed by atoms with Crippen LogP contribution in [0.5, 0.6) is 0 Å². The van der Waals surface area contributed by atoms with Gasteiger partial charge in [-0.05, 0) is 23.9 Å². The number of aromatic nitrogens is 4. The average Bonchev–Trinajstić information content (AvgIpc) is 2.81. The first-order chi connectivity index (χ1) is 8.88. The Morgan fingerprint density at radius 1 is 1.00 bits per heavy atom. The van der Waals surface area contributed by atoms with E-state index in [0.717, 1.165) is 18.9 Å². The van der Waals surface area contributed by atoms with Gasteiger partial charge in [0.25, 0.3) is 0 Å². The lowest BCUT2D eigenvalue weighted by atomic mass is 10.1. The van der Waals surface area contributed by atoms with Gasteiger partial charge in [0.2, 0.25) is 0 Å². The van der Waals surface area contributed by atoms with Crippen LogP contribution in [-0.4, -0.2) is 27.3 Å². The summed E-state index contributed by atoms with van der Waals surface area (Å²) in [5.74, 6) is 0.931. The fourth-order valence-corrected chi connectivity index (χ4v) is 2.08. The third-order valence-electron chi connectivity index (χ3n) is 3.16. The minimum Gasteiger partial charge on any atom is -0.313 e. The molecule has 0 saturated carbocycles. The highest BCUT2D eigenvalue weighted by Gasteiger charge is 2.03. The largest absolute Gasteiger partial charge is 0.313 e. The fourth-order valence-electron chi connectivity index (χ4n) is 2.08. The van der Waals surface area contributed by atoms with E-state index in [1.165, 1.54) is 51.4 Å². The zero-order chi connectivity index (χ0) is 13.1. The lowest BCUT2D eigenvalue weighted by Crippen LogP contribution is -2.13. The van der Waals surface area contributed by atoms with Crippen molar-refractivity contribution in [2.24, 2.45) is 0 Å². The lowest BCUT2D eigenvalue weighted by Gasteiger charge is -2.04. The molecule has 18 heavy (non-hydrogen) atoms. The molecule has 0 aliphatic heterocycles. The van der Waals surface area contributed by atoms with E-state index in [9.17, 15) is 0 Å². The summed E-state index contributed by atoms with van der Waals surface area (Å²) >= 11 is 0. The van der Waals surface area contributed by atoms with Crippen LogP contribution in [0.3, 0.4) is 0 Å². The predicted molar refractivity (Wildman–Crippen MR) is 73.2 cm³/mol. The summed E-state index contributed by atoms with van der Waals surface area (Å²) < 4.78 is 1.91. The number of nitrogens with one attached hydrogen (secondary N) is 1. The van der Waals surface area contributed by atoms with E-state index in [0.29, 0.717) is 0 Å². The van der Waals surface area contributed by atoms with E-state index in [2.05, 4.69) is 27.8 Å².